The summed E-state index contributed by atoms with van der Waals surface area (Å²) >= 11 is 0. The summed E-state index contributed by atoms with van der Waals surface area (Å²) in [6.07, 6.45) is 2.43. The number of fused-ring (bicyclic) bond motifs is 1. The maximum Gasteiger partial charge on any atom is 0.269 e. The van der Waals surface area contributed by atoms with E-state index >= 15 is 0 Å². The smallest absolute Gasteiger partial charge is 0.269 e. The van der Waals surface area contributed by atoms with E-state index in [1.165, 1.54) is 29.2 Å². The molecule has 4 aromatic carbocycles. The summed E-state index contributed by atoms with van der Waals surface area (Å²) in [5, 5.41) is 25.0. The molecular formula is C33H28N4O5. The van der Waals surface area contributed by atoms with Crippen LogP contribution in [0.4, 0.5) is 17.1 Å². The van der Waals surface area contributed by atoms with Crippen molar-refractivity contribution in [1.82, 2.24) is 5.01 Å². The Hall–Kier alpha value is -5.12. The molecule has 42 heavy (non-hydrogen) atoms. The van der Waals surface area contributed by atoms with Crippen molar-refractivity contribution in [2.24, 2.45) is 5.92 Å². The lowest BCUT2D eigenvalue weighted by molar-refractivity contribution is -0.384. The minimum Gasteiger partial charge on any atom is -0.390 e. The Morgan fingerprint density at radius 3 is 1.83 bits per heavy atom. The number of hydrazine groups is 1. The number of carbonyl (C=O) groups is 2. The van der Waals surface area contributed by atoms with Crippen LogP contribution in [-0.2, 0) is 9.59 Å². The Morgan fingerprint density at radius 2 is 1.29 bits per heavy atom. The highest BCUT2D eigenvalue weighted by atomic mass is 16.6. The number of nitro groups is 1. The number of hydrogen-bond donors (Lipinski definition) is 2. The molecule has 9 nitrogen and oxygen atoms in total. The summed E-state index contributed by atoms with van der Waals surface area (Å²) in [5.74, 6) is -2.04. The maximum atomic E-state index is 14.0. The van der Waals surface area contributed by atoms with E-state index in [0.29, 0.717) is 11.4 Å². The number of carbonyl (C=O) groups excluding carboxylic acids is 2. The van der Waals surface area contributed by atoms with Crippen LogP contribution in [0.3, 0.4) is 0 Å². The van der Waals surface area contributed by atoms with E-state index in [1.807, 2.05) is 66.7 Å². The topological polar surface area (TPSA) is 116 Å². The highest BCUT2D eigenvalue weighted by molar-refractivity contribution is 6.24. The lowest BCUT2D eigenvalue weighted by atomic mass is 9.81. The van der Waals surface area contributed by atoms with Crippen molar-refractivity contribution in [2.75, 3.05) is 10.3 Å². The van der Waals surface area contributed by atoms with Gasteiger partial charge in [0.05, 0.1) is 28.7 Å². The van der Waals surface area contributed by atoms with Gasteiger partial charge in [-0.05, 0) is 35.4 Å². The number of anilines is 2. The van der Waals surface area contributed by atoms with Gasteiger partial charge in [0, 0.05) is 23.7 Å². The Morgan fingerprint density at radius 1 is 0.738 bits per heavy atom. The molecule has 0 saturated carbocycles. The average Bonchev–Trinajstić information content (AvgIpc) is 3.28. The number of aliphatic hydroxyl groups is 1. The van der Waals surface area contributed by atoms with Gasteiger partial charge in [-0.3, -0.25) is 19.7 Å². The van der Waals surface area contributed by atoms with E-state index in [1.54, 1.807) is 41.4 Å². The fourth-order valence-electron chi connectivity index (χ4n) is 5.84. The van der Waals surface area contributed by atoms with Gasteiger partial charge in [0.15, 0.2) is 0 Å². The number of nitrogens with zero attached hydrogens (tertiary/aromatic N) is 3. The number of amides is 2. The Balaban J connectivity index is 1.42. The largest absolute Gasteiger partial charge is 0.390 e. The summed E-state index contributed by atoms with van der Waals surface area (Å²) in [7, 11) is 0. The number of nitro benzene ring substituents is 1. The van der Waals surface area contributed by atoms with Crippen LogP contribution in [0.5, 0.6) is 0 Å². The third kappa shape index (κ3) is 4.96. The second-order valence-electron chi connectivity index (χ2n) is 10.3. The summed E-state index contributed by atoms with van der Waals surface area (Å²) in [6.45, 7) is 0. The molecule has 0 bridgehead atoms. The molecule has 0 aliphatic carbocycles. The molecule has 4 unspecified atom stereocenters. The molecule has 210 valence electrons. The second-order valence-corrected chi connectivity index (χ2v) is 10.3. The van der Waals surface area contributed by atoms with Gasteiger partial charge in [-0.2, -0.15) is 0 Å². The van der Waals surface area contributed by atoms with Gasteiger partial charge in [-0.15, -0.1) is 0 Å². The van der Waals surface area contributed by atoms with E-state index in [-0.39, 0.29) is 11.6 Å². The van der Waals surface area contributed by atoms with Crippen molar-refractivity contribution < 1.29 is 19.6 Å². The van der Waals surface area contributed by atoms with Crippen LogP contribution < -0.4 is 10.3 Å². The molecule has 6 rings (SSSR count). The van der Waals surface area contributed by atoms with E-state index in [9.17, 15) is 24.8 Å². The molecule has 9 heteroatoms. The van der Waals surface area contributed by atoms with Gasteiger partial charge in [0.1, 0.15) is 6.04 Å². The quantitative estimate of drug-likeness (QED) is 0.136. The van der Waals surface area contributed by atoms with Crippen molar-refractivity contribution >= 4 is 28.9 Å². The van der Waals surface area contributed by atoms with Crippen LogP contribution >= 0.6 is 0 Å². The third-order valence-corrected chi connectivity index (χ3v) is 7.82. The fraction of sp³-hybridized carbons (Fsp3) is 0.152. The molecular weight excluding hydrogens is 532 g/mol. The van der Waals surface area contributed by atoms with Crippen LogP contribution in [0.15, 0.2) is 127 Å². The Labute approximate surface area is 242 Å². The molecule has 0 radical (unpaired) electrons. The van der Waals surface area contributed by atoms with Crippen molar-refractivity contribution in [3.63, 3.8) is 0 Å². The summed E-state index contributed by atoms with van der Waals surface area (Å²) in [5.41, 5.74) is 5.87. The van der Waals surface area contributed by atoms with Crippen LogP contribution in [0, 0.1) is 16.0 Å². The molecule has 1 fully saturated rings. The molecule has 2 heterocycles. The van der Waals surface area contributed by atoms with Crippen molar-refractivity contribution in [3.8, 4) is 0 Å². The first kappa shape index (κ1) is 27.1. The zero-order valence-corrected chi connectivity index (χ0v) is 22.4. The third-order valence-electron chi connectivity index (χ3n) is 7.82. The standard InChI is InChI=1S/C33H28N4O5/c38-31(29(22-10-4-1-5-11-22)23-12-6-2-7-13-23)28-21-20-27-30(33(40)35(32(27)39)25-14-8-3-9-15-25)36(28)34-24-16-18-26(19-17-24)37(41)42/h1-21,27-31,34,38H. The number of imide groups is 1. The first-order chi connectivity index (χ1) is 20.4. The van der Waals surface area contributed by atoms with Crippen LogP contribution in [-0.4, -0.2) is 45.0 Å². The normalized spacial score (nSPS) is 20.9. The van der Waals surface area contributed by atoms with Gasteiger partial charge >= 0.3 is 0 Å². The lowest BCUT2D eigenvalue weighted by Crippen LogP contribution is -2.58. The van der Waals surface area contributed by atoms with Gasteiger partial charge < -0.3 is 10.5 Å². The molecule has 4 aromatic rings. The van der Waals surface area contributed by atoms with Crippen molar-refractivity contribution in [1.29, 1.82) is 0 Å². The SMILES string of the molecule is O=C1C2C=CC(C(O)C(c3ccccc3)c3ccccc3)N(Nc3ccc([N+](=O)[O-])cc3)C2C(=O)N1c1ccccc1. The number of non-ortho nitro benzene ring substituents is 1. The molecule has 0 spiro atoms. The maximum absolute atomic E-state index is 14.0. The molecule has 2 aliphatic heterocycles. The van der Waals surface area contributed by atoms with Gasteiger partial charge in [-0.1, -0.05) is 91.0 Å². The molecule has 2 N–H and O–H groups in total. The number of nitrogens with one attached hydrogen (secondary N) is 1. The zero-order valence-electron chi connectivity index (χ0n) is 22.4. The number of benzene rings is 4. The van der Waals surface area contributed by atoms with Crippen LogP contribution in [0.25, 0.3) is 0 Å². The minimum absolute atomic E-state index is 0.0795. The first-order valence-electron chi connectivity index (χ1n) is 13.6. The summed E-state index contributed by atoms with van der Waals surface area (Å²) in [6, 6.07) is 32.1. The molecule has 2 aliphatic rings. The predicted octanol–water partition coefficient (Wildman–Crippen LogP) is 4.91. The molecule has 0 aromatic heterocycles. The monoisotopic (exact) mass is 560 g/mol. The van der Waals surface area contributed by atoms with Gasteiger partial charge in [0.25, 0.3) is 11.6 Å². The second kappa shape index (κ2) is 11.4. The number of aliphatic hydroxyl groups excluding tert-OH is 1. The van der Waals surface area contributed by atoms with Crippen LogP contribution in [0.1, 0.15) is 17.0 Å². The highest BCUT2D eigenvalue weighted by Gasteiger charge is 2.54. The minimum atomic E-state index is -1.05. The van der Waals surface area contributed by atoms with Gasteiger partial charge in [0.2, 0.25) is 5.91 Å². The van der Waals surface area contributed by atoms with E-state index in [0.717, 1.165) is 11.1 Å². The zero-order chi connectivity index (χ0) is 29.2. The van der Waals surface area contributed by atoms with E-state index in [2.05, 4.69) is 5.43 Å². The van der Waals surface area contributed by atoms with Crippen molar-refractivity contribution in [2.45, 2.75) is 24.1 Å². The molecule has 4 atom stereocenters. The molecule has 1 saturated heterocycles. The lowest BCUT2D eigenvalue weighted by Gasteiger charge is -2.42. The molecule has 2 amide bonds. The van der Waals surface area contributed by atoms with E-state index < -0.39 is 40.9 Å². The number of hydrogen-bond acceptors (Lipinski definition) is 7. The average molecular weight is 561 g/mol. The highest BCUT2D eigenvalue weighted by Crippen LogP contribution is 2.39. The van der Waals surface area contributed by atoms with Crippen molar-refractivity contribution in [3.05, 3.63) is 149 Å². The summed E-state index contributed by atoms with van der Waals surface area (Å²) in [4.78, 5) is 39.5. The summed E-state index contributed by atoms with van der Waals surface area (Å²) < 4.78 is 0. The Bertz CT molecular complexity index is 1570. The number of para-hydroxylation sites is 1. The predicted molar refractivity (Wildman–Crippen MR) is 158 cm³/mol. The first-order valence-corrected chi connectivity index (χ1v) is 13.6. The Kier molecular flexibility index (Phi) is 7.35. The van der Waals surface area contributed by atoms with E-state index in [4.69, 9.17) is 0 Å². The number of rotatable bonds is 8. The van der Waals surface area contributed by atoms with Crippen LogP contribution in [0.2, 0.25) is 0 Å². The van der Waals surface area contributed by atoms with Gasteiger partial charge in [-0.25, -0.2) is 9.91 Å². The fourth-order valence-corrected chi connectivity index (χ4v) is 5.84.